The van der Waals surface area contributed by atoms with Gasteiger partial charge < -0.3 is 14.2 Å². The number of nitrogens with zero attached hydrogens (tertiary/aromatic N) is 2. The van der Waals surface area contributed by atoms with E-state index in [2.05, 4.69) is 308 Å². The van der Waals surface area contributed by atoms with Crippen molar-refractivity contribution in [1.82, 2.24) is 0 Å². The Balaban J connectivity index is 1.14. The molecule has 3 nitrogen and oxygen atoms in total. The minimum atomic E-state index is -0.746. The van der Waals surface area contributed by atoms with Gasteiger partial charge in [-0.05, 0) is 159 Å². The van der Waals surface area contributed by atoms with E-state index in [4.69, 9.17) is 4.42 Å². The highest BCUT2D eigenvalue weighted by molar-refractivity contribution is 6.20. The second-order valence-electron chi connectivity index (χ2n) is 24.2. The van der Waals surface area contributed by atoms with Crippen molar-refractivity contribution in [3.63, 3.8) is 0 Å². The molecule has 3 heteroatoms. The van der Waals surface area contributed by atoms with Crippen molar-refractivity contribution in [3.05, 3.63) is 287 Å². The van der Waals surface area contributed by atoms with Crippen LogP contribution in [-0.4, -0.2) is 0 Å². The first-order chi connectivity index (χ1) is 38.8. The Morgan fingerprint density at radius 1 is 0.350 bits per heavy atom. The first-order valence-electron chi connectivity index (χ1n) is 28.2. The lowest BCUT2D eigenvalue weighted by molar-refractivity contribution is 0.590. The molecule has 0 fully saturated rings. The van der Waals surface area contributed by atoms with Crippen LogP contribution in [0.25, 0.3) is 66.4 Å². The average molecular weight is 1030 g/mol. The number of aryl methyl sites for hydroxylation is 2. The molecule has 11 aromatic carbocycles. The third kappa shape index (κ3) is 7.70. The van der Waals surface area contributed by atoms with Crippen LogP contribution in [0.1, 0.15) is 86.1 Å². The standard InChI is InChI=1S/C77H64N2O/c1-49-31-43-68(62(45-49)51-21-11-9-12-22-51)78(55-37-33-53(34-38-55)75(3,4)5)57-41-42-60-66(47-57)77(64-28-18-15-25-58(64)59-26-16-19-29-65(59)77)67-48-71-73(61-27-17-20-30-70(61)80-71)74(72(60)67)79(56-39-35-54(36-40-56)76(6,7)8)69-44-32-50(2)46-63(69)52-23-13-10-14-24-52/h9-48H,1-8H3. The van der Waals surface area contributed by atoms with Crippen LogP contribution in [0, 0.1) is 13.8 Å². The molecule has 12 aromatic rings. The van der Waals surface area contributed by atoms with Gasteiger partial charge in [-0.15, -0.1) is 0 Å². The third-order valence-corrected chi connectivity index (χ3v) is 17.1. The summed E-state index contributed by atoms with van der Waals surface area (Å²) < 4.78 is 7.26. The van der Waals surface area contributed by atoms with Gasteiger partial charge in [0.15, 0.2) is 0 Å². The van der Waals surface area contributed by atoms with Gasteiger partial charge in [0.1, 0.15) is 11.2 Å². The van der Waals surface area contributed by atoms with Crippen molar-refractivity contribution in [2.24, 2.45) is 0 Å². The van der Waals surface area contributed by atoms with Crippen molar-refractivity contribution >= 4 is 56.1 Å². The summed E-state index contributed by atoms with van der Waals surface area (Å²) in [7, 11) is 0. The highest BCUT2D eigenvalue weighted by atomic mass is 16.3. The SMILES string of the molecule is Cc1ccc(N(c2ccc(C(C)(C)C)cc2)c2ccc3c(c2)C2(c4ccccc4-c4ccccc42)c2cc4oc5ccccc5c4c(N(c4ccc(C(C)(C)C)cc4)c4ccc(C)cc4-c4ccccc4)c2-3)c(-c2ccccc2)c1. The van der Waals surface area contributed by atoms with Crippen LogP contribution in [0.4, 0.5) is 34.1 Å². The van der Waals surface area contributed by atoms with Gasteiger partial charge in [-0.25, -0.2) is 0 Å². The van der Waals surface area contributed by atoms with Gasteiger partial charge in [-0.1, -0.05) is 223 Å². The van der Waals surface area contributed by atoms with Gasteiger partial charge in [-0.3, -0.25) is 0 Å². The zero-order valence-electron chi connectivity index (χ0n) is 46.9. The van der Waals surface area contributed by atoms with Crippen LogP contribution >= 0.6 is 0 Å². The highest BCUT2D eigenvalue weighted by Crippen LogP contribution is 2.67. The lowest BCUT2D eigenvalue weighted by atomic mass is 9.70. The summed E-state index contributed by atoms with van der Waals surface area (Å²) in [5.74, 6) is 0. The Morgan fingerprint density at radius 3 is 1.38 bits per heavy atom. The zero-order valence-corrected chi connectivity index (χ0v) is 46.9. The van der Waals surface area contributed by atoms with Crippen molar-refractivity contribution < 1.29 is 4.42 Å². The van der Waals surface area contributed by atoms with E-state index in [0.29, 0.717) is 0 Å². The number of hydrogen-bond donors (Lipinski definition) is 0. The molecule has 0 unspecified atom stereocenters. The van der Waals surface area contributed by atoms with Crippen molar-refractivity contribution in [1.29, 1.82) is 0 Å². The average Bonchev–Trinajstić information content (AvgIpc) is 1.97. The van der Waals surface area contributed by atoms with Crippen LogP contribution in [0.15, 0.2) is 247 Å². The van der Waals surface area contributed by atoms with Gasteiger partial charge in [0.25, 0.3) is 0 Å². The van der Waals surface area contributed by atoms with Gasteiger partial charge >= 0.3 is 0 Å². The molecule has 2 aliphatic rings. The van der Waals surface area contributed by atoms with Crippen LogP contribution in [0.3, 0.4) is 0 Å². The summed E-state index contributed by atoms with van der Waals surface area (Å²) in [5, 5.41) is 2.16. The quantitative estimate of drug-likeness (QED) is 0.151. The Kier molecular flexibility index (Phi) is 11.3. The number of fused-ring (bicyclic) bond motifs is 13. The summed E-state index contributed by atoms with van der Waals surface area (Å²) in [4.78, 5) is 5.07. The fourth-order valence-electron chi connectivity index (χ4n) is 13.2. The van der Waals surface area contributed by atoms with Crippen molar-refractivity contribution in [2.75, 3.05) is 9.80 Å². The molecule has 0 atom stereocenters. The molecular formula is C77H64N2O. The van der Waals surface area contributed by atoms with Gasteiger partial charge in [0, 0.05) is 39.1 Å². The molecule has 1 aromatic heterocycles. The summed E-state index contributed by atoms with van der Waals surface area (Å²) in [6.45, 7) is 18.2. The molecule has 0 saturated carbocycles. The second kappa shape index (κ2) is 18.5. The normalized spacial score (nSPS) is 13.1. The fourth-order valence-corrected chi connectivity index (χ4v) is 13.2. The molecule has 0 saturated heterocycles. The minimum Gasteiger partial charge on any atom is -0.456 e. The zero-order chi connectivity index (χ0) is 54.7. The largest absolute Gasteiger partial charge is 0.456 e. The Bertz CT molecular complexity index is 4330. The first kappa shape index (κ1) is 49.1. The molecular weight excluding hydrogens is 969 g/mol. The Morgan fingerprint density at radius 2 is 0.825 bits per heavy atom. The topological polar surface area (TPSA) is 19.6 Å². The van der Waals surface area contributed by atoms with Gasteiger partial charge in [0.2, 0.25) is 0 Å². The molecule has 0 bridgehead atoms. The smallest absolute Gasteiger partial charge is 0.137 e. The van der Waals surface area contributed by atoms with E-state index in [9.17, 15) is 0 Å². The Hall–Kier alpha value is -9.18. The maximum Gasteiger partial charge on any atom is 0.137 e. The molecule has 0 amide bonds. The summed E-state index contributed by atoms with van der Waals surface area (Å²) in [6.07, 6.45) is 0. The summed E-state index contributed by atoms with van der Waals surface area (Å²) in [5.41, 5.74) is 27.0. The van der Waals surface area contributed by atoms with Crippen molar-refractivity contribution in [3.8, 4) is 44.5 Å². The molecule has 388 valence electrons. The lowest BCUT2D eigenvalue weighted by Gasteiger charge is -2.34. The number of furan rings is 1. The first-order valence-corrected chi connectivity index (χ1v) is 28.2. The van der Waals surface area contributed by atoms with Crippen LogP contribution < -0.4 is 9.80 Å². The van der Waals surface area contributed by atoms with Gasteiger partial charge in [0.05, 0.1) is 27.9 Å². The third-order valence-electron chi connectivity index (χ3n) is 17.1. The minimum absolute atomic E-state index is 0.0113. The molecule has 80 heavy (non-hydrogen) atoms. The van der Waals surface area contributed by atoms with E-state index in [1.807, 2.05) is 0 Å². The predicted molar refractivity (Wildman–Crippen MR) is 337 cm³/mol. The van der Waals surface area contributed by atoms with E-state index in [-0.39, 0.29) is 10.8 Å². The fraction of sp³-hybridized carbons (Fsp3) is 0.143. The van der Waals surface area contributed by atoms with E-state index in [1.165, 1.54) is 77.9 Å². The van der Waals surface area contributed by atoms with E-state index in [0.717, 1.165) is 67.2 Å². The Labute approximate surface area is 471 Å². The molecule has 1 spiro atoms. The molecule has 1 heterocycles. The number of anilines is 6. The number of benzene rings is 11. The molecule has 2 aliphatic carbocycles. The lowest BCUT2D eigenvalue weighted by Crippen LogP contribution is -2.26. The molecule has 0 radical (unpaired) electrons. The number of para-hydroxylation sites is 1. The highest BCUT2D eigenvalue weighted by Gasteiger charge is 2.54. The summed E-state index contributed by atoms with van der Waals surface area (Å²) in [6, 6.07) is 91.0. The van der Waals surface area contributed by atoms with Crippen LogP contribution in [0.2, 0.25) is 0 Å². The maximum atomic E-state index is 7.26. The molecule has 14 rings (SSSR count). The maximum absolute atomic E-state index is 7.26. The van der Waals surface area contributed by atoms with E-state index >= 15 is 0 Å². The van der Waals surface area contributed by atoms with E-state index < -0.39 is 5.41 Å². The van der Waals surface area contributed by atoms with Crippen molar-refractivity contribution in [2.45, 2.75) is 71.6 Å². The van der Waals surface area contributed by atoms with E-state index in [1.54, 1.807) is 0 Å². The summed E-state index contributed by atoms with van der Waals surface area (Å²) >= 11 is 0. The molecule has 0 N–H and O–H groups in total. The van der Waals surface area contributed by atoms with Crippen LogP contribution in [-0.2, 0) is 16.2 Å². The molecule has 0 aliphatic heterocycles. The number of rotatable bonds is 8. The van der Waals surface area contributed by atoms with Gasteiger partial charge in [-0.2, -0.15) is 0 Å². The predicted octanol–water partition coefficient (Wildman–Crippen LogP) is 21.4. The second-order valence-corrected chi connectivity index (χ2v) is 24.2. The van der Waals surface area contributed by atoms with Crippen LogP contribution in [0.5, 0.6) is 0 Å². The number of hydrogen-bond acceptors (Lipinski definition) is 3. The monoisotopic (exact) mass is 1030 g/mol.